The summed E-state index contributed by atoms with van der Waals surface area (Å²) in [7, 11) is 0. The van der Waals surface area contributed by atoms with E-state index in [1.807, 2.05) is 30.3 Å². The summed E-state index contributed by atoms with van der Waals surface area (Å²) in [5.41, 5.74) is -0.0430. The van der Waals surface area contributed by atoms with E-state index in [1.165, 1.54) is 0 Å². The van der Waals surface area contributed by atoms with Gasteiger partial charge in [0, 0.05) is 25.2 Å². The van der Waals surface area contributed by atoms with Crippen LogP contribution in [0.2, 0.25) is 0 Å². The van der Waals surface area contributed by atoms with Crippen LogP contribution in [0.5, 0.6) is 0 Å². The number of rotatable bonds is 8. The standard InChI is InChI=1S/C21H22N4O7/c1-2-20-12-23(11-15-6-4-3-5-7-15)19(13-31-20)14-32-21(26)22-16-8-17(24(27)28)10-18(9-16)25(29)30/h2-10,19-20H,1,11-14H2,(H,22,26)/t19-,20+/m0/s1. The molecule has 168 valence electrons. The Bertz CT molecular complexity index is 967. The predicted molar refractivity (Wildman–Crippen MR) is 115 cm³/mol. The summed E-state index contributed by atoms with van der Waals surface area (Å²) in [5.74, 6) is 0. The molecule has 0 saturated carbocycles. The van der Waals surface area contributed by atoms with Gasteiger partial charge in [0.2, 0.25) is 0 Å². The van der Waals surface area contributed by atoms with Crippen molar-refractivity contribution in [3.8, 4) is 0 Å². The molecule has 2 aromatic rings. The lowest BCUT2D eigenvalue weighted by atomic mass is 10.1. The minimum atomic E-state index is -0.884. The number of nitrogens with zero attached hydrogens (tertiary/aromatic N) is 3. The molecule has 0 aromatic heterocycles. The molecule has 2 aromatic carbocycles. The first kappa shape index (κ1) is 22.8. The number of morpholine rings is 1. The van der Waals surface area contributed by atoms with E-state index in [9.17, 15) is 25.0 Å². The number of nitro benzene ring substituents is 2. The molecule has 1 heterocycles. The maximum Gasteiger partial charge on any atom is 0.411 e. The number of carbonyl (C=O) groups is 1. The summed E-state index contributed by atoms with van der Waals surface area (Å²) in [4.78, 5) is 34.8. The lowest BCUT2D eigenvalue weighted by molar-refractivity contribution is -0.394. The number of hydrogen-bond donors (Lipinski definition) is 1. The average Bonchev–Trinajstić information content (AvgIpc) is 2.78. The van der Waals surface area contributed by atoms with E-state index in [4.69, 9.17) is 9.47 Å². The maximum atomic E-state index is 12.3. The van der Waals surface area contributed by atoms with Gasteiger partial charge in [-0.05, 0) is 5.56 Å². The van der Waals surface area contributed by atoms with E-state index in [0.717, 1.165) is 23.8 Å². The number of ether oxygens (including phenoxy) is 2. The van der Waals surface area contributed by atoms with Gasteiger partial charge in [-0.15, -0.1) is 6.58 Å². The van der Waals surface area contributed by atoms with Crippen molar-refractivity contribution in [1.29, 1.82) is 0 Å². The molecular weight excluding hydrogens is 420 g/mol. The van der Waals surface area contributed by atoms with Gasteiger partial charge in [0.1, 0.15) is 6.61 Å². The second-order valence-electron chi connectivity index (χ2n) is 7.15. The third-order valence-electron chi connectivity index (χ3n) is 4.90. The lowest BCUT2D eigenvalue weighted by Gasteiger charge is -2.38. The first-order valence-corrected chi connectivity index (χ1v) is 9.75. The van der Waals surface area contributed by atoms with Crippen LogP contribution in [0.15, 0.2) is 61.2 Å². The fraction of sp³-hybridized carbons (Fsp3) is 0.286. The molecule has 1 aliphatic rings. The summed E-state index contributed by atoms with van der Waals surface area (Å²) in [6.45, 7) is 5.29. The predicted octanol–water partition coefficient (Wildman–Crippen LogP) is 3.51. The SMILES string of the molecule is C=C[C@@H]1CN(Cc2ccccc2)[C@H](COC(=O)Nc2cc([N+](=O)[O-])cc([N+](=O)[O-])c2)CO1. The Morgan fingerprint density at radius 3 is 2.44 bits per heavy atom. The smallest absolute Gasteiger partial charge is 0.411 e. The molecule has 0 spiro atoms. The van der Waals surface area contributed by atoms with E-state index in [-0.39, 0.29) is 24.4 Å². The average molecular weight is 442 g/mol. The molecule has 2 atom stereocenters. The van der Waals surface area contributed by atoms with Gasteiger partial charge in [0.05, 0.1) is 40.4 Å². The monoisotopic (exact) mass is 442 g/mol. The van der Waals surface area contributed by atoms with Gasteiger partial charge in [-0.1, -0.05) is 36.4 Å². The largest absolute Gasteiger partial charge is 0.448 e. The minimum absolute atomic E-state index is 0.000447. The van der Waals surface area contributed by atoms with Gasteiger partial charge in [-0.3, -0.25) is 30.4 Å². The van der Waals surface area contributed by atoms with E-state index in [1.54, 1.807) is 6.08 Å². The van der Waals surface area contributed by atoms with Crippen molar-refractivity contribution < 1.29 is 24.1 Å². The van der Waals surface area contributed by atoms with Gasteiger partial charge >= 0.3 is 6.09 Å². The van der Waals surface area contributed by atoms with Crippen molar-refractivity contribution >= 4 is 23.2 Å². The van der Waals surface area contributed by atoms with E-state index in [2.05, 4.69) is 16.8 Å². The number of hydrogen-bond acceptors (Lipinski definition) is 8. The normalized spacial score (nSPS) is 18.5. The highest BCUT2D eigenvalue weighted by Gasteiger charge is 2.29. The molecule has 1 amide bonds. The second kappa shape index (κ2) is 10.5. The van der Waals surface area contributed by atoms with E-state index < -0.39 is 27.3 Å². The van der Waals surface area contributed by atoms with Gasteiger partial charge in [0.25, 0.3) is 11.4 Å². The zero-order chi connectivity index (χ0) is 23.1. The molecule has 1 saturated heterocycles. The number of nitrogens with one attached hydrogen (secondary N) is 1. The molecule has 0 bridgehead atoms. The summed E-state index contributed by atoms with van der Waals surface area (Å²) in [6, 6.07) is 12.4. The van der Waals surface area contributed by atoms with Gasteiger partial charge in [0.15, 0.2) is 0 Å². The summed E-state index contributed by atoms with van der Waals surface area (Å²) < 4.78 is 11.0. The first-order valence-electron chi connectivity index (χ1n) is 9.75. The summed E-state index contributed by atoms with van der Waals surface area (Å²) >= 11 is 0. The van der Waals surface area contributed by atoms with Gasteiger partial charge in [-0.2, -0.15) is 0 Å². The Morgan fingerprint density at radius 1 is 1.19 bits per heavy atom. The number of anilines is 1. The van der Waals surface area contributed by atoms with Crippen LogP contribution in [-0.4, -0.2) is 52.7 Å². The molecule has 3 rings (SSSR count). The van der Waals surface area contributed by atoms with Crippen molar-refractivity contribution in [2.24, 2.45) is 0 Å². The zero-order valence-electron chi connectivity index (χ0n) is 17.1. The van der Waals surface area contributed by atoms with Gasteiger partial charge < -0.3 is 9.47 Å². The van der Waals surface area contributed by atoms with Crippen LogP contribution in [0.1, 0.15) is 5.56 Å². The molecule has 0 aliphatic carbocycles. The molecule has 0 radical (unpaired) electrons. The third kappa shape index (κ3) is 6.09. The quantitative estimate of drug-likeness (QED) is 0.372. The second-order valence-corrected chi connectivity index (χ2v) is 7.15. The van der Waals surface area contributed by atoms with Crippen LogP contribution in [0.3, 0.4) is 0 Å². The Kier molecular flexibility index (Phi) is 7.47. The highest BCUT2D eigenvalue weighted by atomic mass is 16.6. The highest BCUT2D eigenvalue weighted by molar-refractivity contribution is 5.85. The number of non-ortho nitro benzene ring substituents is 2. The van der Waals surface area contributed by atoms with Crippen molar-refractivity contribution in [1.82, 2.24) is 4.90 Å². The zero-order valence-corrected chi connectivity index (χ0v) is 17.1. The van der Waals surface area contributed by atoms with Crippen molar-refractivity contribution in [3.63, 3.8) is 0 Å². The first-order chi connectivity index (χ1) is 15.4. The Morgan fingerprint density at radius 2 is 1.84 bits per heavy atom. The maximum absolute atomic E-state index is 12.3. The molecule has 32 heavy (non-hydrogen) atoms. The molecule has 1 fully saturated rings. The molecule has 0 unspecified atom stereocenters. The Balaban J connectivity index is 1.64. The molecule has 1 N–H and O–H groups in total. The number of nitro groups is 2. The minimum Gasteiger partial charge on any atom is -0.448 e. The Hall–Kier alpha value is -3.83. The van der Waals surface area contributed by atoms with Crippen molar-refractivity contribution in [3.05, 3.63) is 87.0 Å². The van der Waals surface area contributed by atoms with Crippen LogP contribution < -0.4 is 5.32 Å². The lowest BCUT2D eigenvalue weighted by Crippen LogP contribution is -2.51. The highest BCUT2D eigenvalue weighted by Crippen LogP contribution is 2.26. The Labute approximate surface area is 183 Å². The fourth-order valence-corrected chi connectivity index (χ4v) is 3.28. The number of amides is 1. The van der Waals surface area contributed by atoms with E-state index >= 15 is 0 Å². The molecule has 1 aliphatic heterocycles. The number of benzene rings is 2. The topological polar surface area (TPSA) is 137 Å². The fourth-order valence-electron chi connectivity index (χ4n) is 3.28. The van der Waals surface area contributed by atoms with E-state index in [0.29, 0.717) is 19.7 Å². The number of carbonyl (C=O) groups excluding carboxylic acids is 1. The molecular formula is C21H22N4O7. The van der Waals surface area contributed by atoms with Crippen LogP contribution in [0, 0.1) is 20.2 Å². The van der Waals surface area contributed by atoms with Crippen LogP contribution in [-0.2, 0) is 16.0 Å². The molecule has 11 heteroatoms. The summed E-state index contributed by atoms with van der Waals surface area (Å²) in [6.07, 6.45) is 0.691. The van der Waals surface area contributed by atoms with Crippen LogP contribution >= 0.6 is 0 Å². The van der Waals surface area contributed by atoms with Crippen molar-refractivity contribution in [2.75, 3.05) is 25.1 Å². The molecule has 11 nitrogen and oxygen atoms in total. The third-order valence-corrected chi connectivity index (χ3v) is 4.90. The van der Waals surface area contributed by atoms with Crippen LogP contribution in [0.25, 0.3) is 0 Å². The van der Waals surface area contributed by atoms with Gasteiger partial charge in [-0.25, -0.2) is 4.79 Å². The van der Waals surface area contributed by atoms with Crippen LogP contribution in [0.4, 0.5) is 21.9 Å². The summed E-state index contributed by atoms with van der Waals surface area (Å²) in [5, 5.41) is 24.3. The van der Waals surface area contributed by atoms with Crippen molar-refractivity contribution in [2.45, 2.75) is 18.7 Å².